The van der Waals surface area contributed by atoms with Crippen LogP contribution in [0.1, 0.15) is 36.2 Å². The lowest BCUT2D eigenvalue weighted by Gasteiger charge is -2.10. The van der Waals surface area contributed by atoms with Crippen LogP contribution in [0, 0.1) is 6.92 Å². The summed E-state index contributed by atoms with van der Waals surface area (Å²) in [6.45, 7) is 6.40. The third-order valence-electron chi connectivity index (χ3n) is 3.25. The van der Waals surface area contributed by atoms with Crippen LogP contribution >= 0.6 is 11.3 Å². The summed E-state index contributed by atoms with van der Waals surface area (Å²) in [5, 5.41) is 0. The number of rotatable bonds is 6. The van der Waals surface area contributed by atoms with Crippen LogP contribution in [0.15, 0.2) is 22.7 Å². The number of hydrogen-bond acceptors (Lipinski definition) is 5. The summed E-state index contributed by atoms with van der Waals surface area (Å²) in [5.74, 6) is 0. The third kappa shape index (κ3) is 3.52. The summed E-state index contributed by atoms with van der Waals surface area (Å²) in [6.07, 6.45) is 1.63. The van der Waals surface area contributed by atoms with Crippen molar-refractivity contribution < 1.29 is 8.42 Å². The molecule has 0 unspecified atom stereocenters. The van der Waals surface area contributed by atoms with Gasteiger partial charge in [0.15, 0.2) is 0 Å². The number of hydrogen-bond donors (Lipinski definition) is 2. The monoisotopic (exact) mass is 328 g/mol. The number of nitrogens with one attached hydrogen (secondary N) is 1. The Balaban J connectivity index is 2.21. The smallest absolute Gasteiger partial charge is 0.242 e. The molecule has 2 aromatic heterocycles. The van der Waals surface area contributed by atoms with E-state index < -0.39 is 10.0 Å². The molecule has 6 nitrogen and oxygen atoms in total. The first-order valence-corrected chi connectivity index (χ1v) is 9.01. The molecule has 3 N–H and O–H groups in total. The second kappa shape index (κ2) is 6.27. The van der Waals surface area contributed by atoms with Crippen molar-refractivity contribution in [3.8, 4) is 0 Å². The van der Waals surface area contributed by atoms with E-state index in [0.717, 1.165) is 16.3 Å². The van der Waals surface area contributed by atoms with Crippen LogP contribution in [-0.2, 0) is 23.1 Å². The van der Waals surface area contributed by atoms with Gasteiger partial charge in [-0.05, 0) is 26.8 Å². The zero-order valence-corrected chi connectivity index (χ0v) is 14.0. The number of thiazole rings is 1. The van der Waals surface area contributed by atoms with E-state index in [1.54, 1.807) is 17.8 Å². The number of aromatic nitrogens is 2. The number of aryl methyl sites for hydroxylation is 1. The van der Waals surface area contributed by atoms with Gasteiger partial charge in [0.2, 0.25) is 10.0 Å². The van der Waals surface area contributed by atoms with E-state index in [0.29, 0.717) is 6.54 Å². The normalized spacial score (nSPS) is 12.2. The Labute approximate surface area is 129 Å². The Hall–Kier alpha value is -1.22. The fraction of sp³-hybridized carbons (Fsp3) is 0.462. The molecule has 0 atom stereocenters. The van der Waals surface area contributed by atoms with Crippen LogP contribution in [0.2, 0.25) is 0 Å². The van der Waals surface area contributed by atoms with Crippen molar-refractivity contribution in [2.24, 2.45) is 5.73 Å². The molecule has 0 saturated carbocycles. The van der Waals surface area contributed by atoms with Crippen molar-refractivity contribution in [2.75, 3.05) is 0 Å². The summed E-state index contributed by atoms with van der Waals surface area (Å²) >= 11 is 1.44. The van der Waals surface area contributed by atoms with Crippen molar-refractivity contribution >= 4 is 21.4 Å². The minimum atomic E-state index is -3.55. The van der Waals surface area contributed by atoms with Crippen molar-refractivity contribution in [1.29, 1.82) is 0 Å². The molecule has 2 rings (SSSR count). The van der Waals surface area contributed by atoms with Gasteiger partial charge < -0.3 is 10.3 Å². The highest BCUT2D eigenvalue weighted by molar-refractivity contribution is 7.89. The number of nitrogens with zero attached hydrogens (tertiary/aromatic N) is 2. The van der Waals surface area contributed by atoms with E-state index in [1.165, 1.54) is 11.3 Å². The molecule has 0 radical (unpaired) electrons. The lowest BCUT2D eigenvalue weighted by atomic mass is 10.3. The summed E-state index contributed by atoms with van der Waals surface area (Å²) in [4.78, 5) is 5.27. The minimum absolute atomic E-state index is 0.163. The molecular weight excluding hydrogens is 308 g/mol. The van der Waals surface area contributed by atoms with E-state index >= 15 is 0 Å². The van der Waals surface area contributed by atoms with Crippen molar-refractivity contribution in [2.45, 2.75) is 44.8 Å². The molecule has 2 heterocycles. The Morgan fingerprint density at radius 3 is 2.67 bits per heavy atom. The van der Waals surface area contributed by atoms with Gasteiger partial charge >= 0.3 is 0 Å². The SMILES string of the molecule is Cc1ncsc1CNS(=O)(=O)c1cc(CN)n(C(C)C)c1. The third-order valence-corrected chi connectivity index (χ3v) is 5.55. The van der Waals surface area contributed by atoms with Gasteiger partial charge in [-0.25, -0.2) is 18.1 Å². The zero-order valence-electron chi connectivity index (χ0n) is 12.3. The quantitative estimate of drug-likeness (QED) is 0.845. The lowest BCUT2D eigenvalue weighted by molar-refractivity contribution is 0.569. The maximum Gasteiger partial charge on any atom is 0.242 e. The molecule has 0 fully saturated rings. The zero-order chi connectivity index (χ0) is 15.6. The van der Waals surface area contributed by atoms with Crippen LogP contribution in [0.5, 0.6) is 0 Å². The minimum Gasteiger partial charge on any atom is -0.346 e. The van der Waals surface area contributed by atoms with Crippen molar-refractivity contribution in [1.82, 2.24) is 14.3 Å². The largest absolute Gasteiger partial charge is 0.346 e. The molecule has 21 heavy (non-hydrogen) atoms. The van der Waals surface area contributed by atoms with Gasteiger partial charge in [-0.2, -0.15) is 0 Å². The van der Waals surface area contributed by atoms with Gasteiger partial charge in [-0.15, -0.1) is 11.3 Å². The Morgan fingerprint density at radius 1 is 1.48 bits per heavy atom. The fourth-order valence-corrected chi connectivity index (χ4v) is 3.88. The van der Waals surface area contributed by atoms with Gasteiger partial charge in [0, 0.05) is 35.9 Å². The molecule has 0 aliphatic carbocycles. The van der Waals surface area contributed by atoms with Gasteiger partial charge in [0.05, 0.1) is 16.1 Å². The Morgan fingerprint density at radius 2 is 2.19 bits per heavy atom. The second-order valence-corrected chi connectivity index (χ2v) is 7.76. The van der Waals surface area contributed by atoms with Gasteiger partial charge in [-0.3, -0.25) is 0 Å². The number of sulfonamides is 1. The molecule has 0 aliphatic rings. The first-order chi connectivity index (χ1) is 9.85. The summed E-state index contributed by atoms with van der Waals surface area (Å²) in [6, 6.07) is 1.79. The first kappa shape index (κ1) is 16.2. The van der Waals surface area contributed by atoms with Gasteiger partial charge in [0.1, 0.15) is 0 Å². The fourth-order valence-electron chi connectivity index (χ4n) is 2.03. The van der Waals surface area contributed by atoms with Crippen LogP contribution in [-0.4, -0.2) is 18.0 Å². The van der Waals surface area contributed by atoms with E-state index in [-0.39, 0.29) is 17.5 Å². The van der Waals surface area contributed by atoms with E-state index in [2.05, 4.69) is 9.71 Å². The molecule has 0 bridgehead atoms. The number of nitrogens with two attached hydrogens (primary N) is 1. The van der Waals surface area contributed by atoms with Crippen LogP contribution in [0.4, 0.5) is 0 Å². The standard InChI is InChI=1S/C13H20N4O2S2/c1-9(2)17-7-12(4-11(17)5-14)21(18,19)16-6-13-10(3)15-8-20-13/h4,7-9,16H,5-6,14H2,1-3H3. The molecule has 0 spiro atoms. The van der Waals surface area contributed by atoms with Gasteiger partial charge in [-0.1, -0.05) is 0 Å². The lowest BCUT2D eigenvalue weighted by Crippen LogP contribution is -2.22. The molecule has 0 aliphatic heterocycles. The summed E-state index contributed by atoms with van der Waals surface area (Å²) < 4.78 is 29.2. The molecule has 0 amide bonds. The van der Waals surface area contributed by atoms with Crippen molar-refractivity contribution in [3.63, 3.8) is 0 Å². The molecule has 0 saturated heterocycles. The predicted molar refractivity (Wildman–Crippen MR) is 83.6 cm³/mol. The molecule has 2 aromatic rings. The summed E-state index contributed by atoms with van der Waals surface area (Å²) in [5.41, 5.74) is 9.04. The second-order valence-electron chi connectivity index (χ2n) is 5.06. The van der Waals surface area contributed by atoms with Crippen LogP contribution in [0.25, 0.3) is 0 Å². The van der Waals surface area contributed by atoms with Crippen molar-refractivity contribution in [3.05, 3.63) is 34.0 Å². The van der Waals surface area contributed by atoms with E-state index in [4.69, 9.17) is 5.73 Å². The molecule has 8 heteroatoms. The maximum absolute atomic E-state index is 12.4. The highest BCUT2D eigenvalue weighted by Crippen LogP contribution is 2.19. The maximum atomic E-state index is 12.4. The Bertz CT molecular complexity index is 716. The highest BCUT2D eigenvalue weighted by Gasteiger charge is 2.19. The van der Waals surface area contributed by atoms with E-state index in [1.807, 2.05) is 25.3 Å². The average molecular weight is 328 g/mol. The van der Waals surface area contributed by atoms with E-state index in [9.17, 15) is 8.42 Å². The average Bonchev–Trinajstić information content (AvgIpc) is 3.02. The molecular formula is C13H20N4O2S2. The summed E-state index contributed by atoms with van der Waals surface area (Å²) in [7, 11) is -3.55. The highest BCUT2D eigenvalue weighted by atomic mass is 32.2. The topological polar surface area (TPSA) is 90.0 Å². The first-order valence-electron chi connectivity index (χ1n) is 6.64. The molecule has 0 aromatic carbocycles. The molecule has 116 valence electrons. The van der Waals surface area contributed by atoms with Gasteiger partial charge in [0.25, 0.3) is 0 Å². The van der Waals surface area contributed by atoms with Crippen LogP contribution in [0.3, 0.4) is 0 Å². The Kier molecular flexibility index (Phi) is 4.82. The van der Waals surface area contributed by atoms with Crippen LogP contribution < -0.4 is 10.5 Å². The predicted octanol–water partition coefficient (Wildman–Crippen LogP) is 1.77.